The van der Waals surface area contributed by atoms with E-state index in [1.807, 2.05) is 50.4 Å². The summed E-state index contributed by atoms with van der Waals surface area (Å²) in [6.45, 7) is 4.11. The van der Waals surface area contributed by atoms with Crippen molar-refractivity contribution in [3.8, 4) is 0 Å². The van der Waals surface area contributed by atoms with Crippen LogP contribution >= 0.6 is 11.3 Å². The Morgan fingerprint density at radius 2 is 1.85 bits per heavy atom. The number of halogens is 1. The Morgan fingerprint density at radius 3 is 2.41 bits per heavy atom. The Labute approximate surface area is 163 Å². The number of carbonyl (C=O) groups excluding carboxylic acids is 2. The normalized spacial score (nSPS) is 13.4. The van der Waals surface area contributed by atoms with Crippen LogP contribution in [0.1, 0.15) is 35.1 Å². The number of thiophene rings is 1. The van der Waals surface area contributed by atoms with Crippen LogP contribution < -0.4 is 10.6 Å². The summed E-state index contributed by atoms with van der Waals surface area (Å²) in [7, 11) is 3.91. The van der Waals surface area contributed by atoms with E-state index in [1.54, 1.807) is 17.4 Å². The van der Waals surface area contributed by atoms with Crippen molar-refractivity contribution in [2.24, 2.45) is 5.92 Å². The molecule has 2 amide bonds. The molecular weight excluding hydrogens is 365 g/mol. The molecule has 7 heteroatoms. The summed E-state index contributed by atoms with van der Waals surface area (Å²) >= 11 is 1.63. The van der Waals surface area contributed by atoms with Crippen molar-refractivity contribution in [1.82, 2.24) is 15.5 Å². The molecule has 2 aromatic rings. The predicted octanol–water partition coefficient (Wildman–Crippen LogP) is 3.06. The van der Waals surface area contributed by atoms with Crippen LogP contribution in [0.3, 0.4) is 0 Å². The van der Waals surface area contributed by atoms with Crippen LogP contribution in [0.5, 0.6) is 0 Å². The quantitative estimate of drug-likeness (QED) is 0.727. The molecule has 1 aromatic carbocycles. The summed E-state index contributed by atoms with van der Waals surface area (Å²) in [6.07, 6.45) is 0. The second kappa shape index (κ2) is 9.62. The maximum absolute atomic E-state index is 13.8. The third kappa shape index (κ3) is 5.61. The third-order valence-corrected chi connectivity index (χ3v) is 5.29. The van der Waals surface area contributed by atoms with Crippen LogP contribution in [0.15, 0.2) is 41.8 Å². The van der Waals surface area contributed by atoms with Gasteiger partial charge in [0.05, 0.1) is 11.6 Å². The number of carbonyl (C=O) groups is 2. The molecule has 0 saturated heterocycles. The van der Waals surface area contributed by atoms with E-state index in [0.717, 1.165) is 4.88 Å². The van der Waals surface area contributed by atoms with Crippen molar-refractivity contribution in [1.29, 1.82) is 0 Å². The zero-order valence-corrected chi connectivity index (χ0v) is 16.8. The topological polar surface area (TPSA) is 61.4 Å². The number of nitrogens with one attached hydrogen (secondary N) is 2. The van der Waals surface area contributed by atoms with Crippen LogP contribution in [-0.2, 0) is 4.79 Å². The molecule has 0 radical (unpaired) electrons. The minimum absolute atomic E-state index is 0.0454. The molecule has 0 aliphatic rings. The van der Waals surface area contributed by atoms with Gasteiger partial charge in [0, 0.05) is 11.4 Å². The SMILES string of the molecule is CC(C)C(NC(=O)c1ccccc1F)C(=O)NCC(c1cccs1)N(C)C. The fraction of sp³-hybridized carbons (Fsp3) is 0.400. The van der Waals surface area contributed by atoms with Crippen LogP contribution in [0.4, 0.5) is 4.39 Å². The summed E-state index contributed by atoms with van der Waals surface area (Å²) < 4.78 is 13.8. The molecule has 5 nitrogen and oxygen atoms in total. The summed E-state index contributed by atoms with van der Waals surface area (Å²) in [5, 5.41) is 7.58. The number of rotatable bonds is 8. The van der Waals surface area contributed by atoms with Crippen molar-refractivity contribution < 1.29 is 14.0 Å². The summed E-state index contributed by atoms with van der Waals surface area (Å²) in [4.78, 5) is 28.3. The van der Waals surface area contributed by atoms with Gasteiger partial charge >= 0.3 is 0 Å². The van der Waals surface area contributed by atoms with Gasteiger partial charge in [-0.3, -0.25) is 9.59 Å². The molecule has 1 aromatic heterocycles. The smallest absolute Gasteiger partial charge is 0.254 e. The largest absolute Gasteiger partial charge is 0.352 e. The average Bonchev–Trinajstić information content (AvgIpc) is 3.13. The molecule has 0 spiro atoms. The lowest BCUT2D eigenvalue weighted by atomic mass is 10.0. The van der Waals surface area contributed by atoms with Crippen molar-refractivity contribution >= 4 is 23.2 Å². The van der Waals surface area contributed by atoms with E-state index in [-0.39, 0.29) is 23.4 Å². The van der Waals surface area contributed by atoms with Crippen molar-refractivity contribution in [3.63, 3.8) is 0 Å². The van der Waals surface area contributed by atoms with Crippen LogP contribution in [0, 0.1) is 11.7 Å². The lowest BCUT2D eigenvalue weighted by molar-refractivity contribution is -0.124. The Hall–Kier alpha value is -2.25. The van der Waals surface area contributed by atoms with Gasteiger partial charge in [-0.15, -0.1) is 11.3 Å². The van der Waals surface area contributed by atoms with E-state index < -0.39 is 17.8 Å². The Bertz CT molecular complexity index is 762. The number of nitrogens with zero attached hydrogens (tertiary/aromatic N) is 1. The first-order valence-electron chi connectivity index (χ1n) is 8.84. The molecule has 27 heavy (non-hydrogen) atoms. The molecule has 0 fully saturated rings. The molecular formula is C20H26FN3O2S. The molecule has 146 valence electrons. The van der Waals surface area contributed by atoms with Gasteiger partial charge in [0.15, 0.2) is 0 Å². The minimum Gasteiger partial charge on any atom is -0.352 e. The fourth-order valence-electron chi connectivity index (χ4n) is 2.73. The average molecular weight is 392 g/mol. The Morgan fingerprint density at radius 1 is 1.15 bits per heavy atom. The highest BCUT2D eigenvalue weighted by atomic mass is 32.1. The van der Waals surface area contributed by atoms with E-state index in [0.29, 0.717) is 6.54 Å². The minimum atomic E-state index is -0.747. The predicted molar refractivity (Wildman–Crippen MR) is 106 cm³/mol. The Balaban J connectivity index is 2.04. The van der Waals surface area contributed by atoms with E-state index in [9.17, 15) is 14.0 Å². The van der Waals surface area contributed by atoms with E-state index in [4.69, 9.17) is 0 Å². The third-order valence-electron chi connectivity index (χ3n) is 4.32. The van der Waals surface area contributed by atoms with Gasteiger partial charge in [0.25, 0.3) is 5.91 Å². The first-order valence-corrected chi connectivity index (χ1v) is 9.72. The second-order valence-electron chi connectivity index (χ2n) is 6.91. The Kier molecular flexibility index (Phi) is 7.50. The molecule has 0 aliphatic carbocycles. The maximum Gasteiger partial charge on any atom is 0.254 e. The van der Waals surface area contributed by atoms with Crippen molar-refractivity contribution in [2.75, 3.05) is 20.6 Å². The van der Waals surface area contributed by atoms with E-state index in [1.165, 1.54) is 18.2 Å². The van der Waals surface area contributed by atoms with Crippen molar-refractivity contribution in [3.05, 3.63) is 58.0 Å². The molecule has 0 aliphatic heterocycles. The van der Waals surface area contributed by atoms with Gasteiger partial charge in [0.1, 0.15) is 11.9 Å². The van der Waals surface area contributed by atoms with Crippen molar-refractivity contribution in [2.45, 2.75) is 25.9 Å². The highest BCUT2D eigenvalue weighted by molar-refractivity contribution is 7.10. The molecule has 2 rings (SSSR count). The van der Waals surface area contributed by atoms with E-state index >= 15 is 0 Å². The van der Waals surface area contributed by atoms with Crippen LogP contribution in [0.2, 0.25) is 0 Å². The first kappa shape index (κ1) is 21.1. The van der Waals surface area contributed by atoms with Gasteiger partial charge in [-0.05, 0) is 43.6 Å². The van der Waals surface area contributed by atoms with Crippen LogP contribution in [-0.4, -0.2) is 43.4 Å². The fourth-order valence-corrected chi connectivity index (χ4v) is 3.65. The molecule has 2 N–H and O–H groups in total. The summed E-state index contributed by atoms with van der Waals surface area (Å²) in [6, 6.07) is 9.04. The summed E-state index contributed by atoms with van der Waals surface area (Å²) in [5.74, 6) is -1.62. The van der Waals surface area contributed by atoms with Gasteiger partial charge in [0.2, 0.25) is 5.91 Å². The zero-order valence-electron chi connectivity index (χ0n) is 16.0. The van der Waals surface area contributed by atoms with Gasteiger partial charge in [-0.2, -0.15) is 0 Å². The first-order chi connectivity index (χ1) is 12.8. The van der Waals surface area contributed by atoms with E-state index in [2.05, 4.69) is 10.6 Å². The van der Waals surface area contributed by atoms with Crippen LogP contribution in [0.25, 0.3) is 0 Å². The maximum atomic E-state index is 13.8. The number of hydrogen-bond acceptors (Lipinski definition) is 4. The van der Waals surface area contributed by atoms with Gasteiger partial charge < -0.3 is 15.5 Å². The number of amides is 2. The number of benzene rings is 1. The van der Waals surface area contributed by atoms with Gasteiger partial charge in [-0.1, -0.05) is 32.0 Å². The molecule has 2 unspecified atom stereocenters. The standard InChI is InChI=1S/C20H26FN3O2S/c1-13(2)18(23-19(25)14-8-5-6-9-15(14)21)20(26)22-12-16(24(3)4)17-10-7-11-27-17/h5-11,13,16,18H,12H2,1-4H3,(H,22,26)(H,23,25). The second-order valence-corrected chi connectivity index (χ2v) is 7.89. The lowest BCUT2D eigenvalue weighted by Gasteiger charge is -2.26. The molecule has 0 saturated carbocycles. The molecule has 0 bridgehead atoms. The number of hydrogen-bond donors (Lipinski definition) is 2. The summed E-state index contributed by atoms with van der Waals surface area (Å²) in [5.41, 5.74) is -0.0688. The highest BCUT2D eigenvalue weighted by Gasteiger charge is 2.26. The highest BCUT2D eigenvalue weighted by Crippen LogP contribution is 2.22. The molecule has 1 heterocycles. The lowest BCUT2D eigenvalue weighted by Crippen LogP contribution is -2.51. The number of likely N-dealkylation sites (N-methyl/N-ethyl adjacent to an activating group) is 1. The monoisotopic (exact) mass is 391 g/mol. The zero-order chi connectivity index (χ0) is 20.0. The molecule has 2 atom stereocenters. The van der Waals surface area contributed by atoms with Gasteiger partial charge in [-0.25, -0.2) is 4.39 Å².